The molecule has 2 unspecified atom stereocenters. The fourth-order valence-electron chi connectivity index (χ4n) is 14.0. The zero-order valence-corrected chi connectivity index (χ0v) is 47.3. The Morgan fingerprint density at radius 2 is 1.76 bits per heavy atom. The first kappa shape index (κ1) is 53.2. The lowest BCUT2D eigenvalue weighted by molar-refractivity contribution is -0.155. The Kier molecular flexibility index (Phi) is 14.5. The molecule has 2 aliphatic carbocycles. The van der Waals surface area contributed by atoms with Crippen LogP contribution in [0.5, 0.6) is 0 Å². The second-order valence-corrected chi connectivity index (χ2v) is 25.7. The van der Waals surface area contributed by atoms with Gasteiger partial charge in [-0.2, -0.15) is 0 Å². The van der Waals surface area contributed by atoms with Crippen molar-refractivity contribution in [3.63, 3.8) is 0 Å². The Labute approximate surface area is 462 Å². The summed E-state index contributed by atoms with van der Waals surface area (Å²) in [4.78, 5) is 91.8. The molecule has 7 atom stereocenters. The van der Waals surface area contributed by atoms with Gasteiger partial charge in [0, 0.05) is 111 Å². The van der Waals surface area contributed by atoms with Crippen molar-refractivity contribution < 1.29 is 33.4 Å². The van der Waals surface area contributed by atoms with E-state index in [2.05, 4.69) is 82.5 Å². The van der Waals surface area contributed by atoms with Crippen molar-refractivity contribution in [1.82, 2.24) is 50.3 Å². The van der Waals surface area contributed by atoms with E-state index in [9.17, 15) is 14.4 Å². The molecule has 78 heavy (non-hydrogen) atoms. The summed E-state index contributed by atoms with van der Waals surface area (Å²) in [6.45, 7) is 14.7. The molecule has 9 heterocycles. The largest absolute Gasteiger partial charge is 0.464 e. The van der Waals surface area contributed by atoms with Crippen molar-refractivity contribution in [2.24, 2.45) is 22.7 Å². The number of methoxy groups -OCH3 is 1. The molecule has 6 aliphatic heterocycles. The number of hydrazine groups is 1. The fraction of sp³-hybridized carbons (Fsp3) is 0.644. The number of hydrogen-bond acceptors (Lipinski definition) is 14. The highest BCUT2D eigenvalue weighted by Crippen LogP contribution is 2.47. The van der Waals surface area contributed by atoms with Gasteiger partial charge in [-0.05, 0) is 114 Å². The number of aromatic nitrogens is 3. The average molecular weight is 1090 g/mol. The van der Waals surface area contributed by atoms with E-state index < -0.39 is 34.9 Å². The van der Waals surface area contributed by atoms with Crippen molar-refractivity contribution in [1.29, 1.82) is 0 Å². The molecular formula is C59H79N11O7S. The number of pyridine rings is 1. The number of esters is 1. The number of likely N-dealkylation sites (N-methyl/N-ethyl adjacent to an activating group) is 1. The molecule has 7 fully saturated rings. The van der Waals surface area contributed by atoms with Crippen LogP contribution >= 0.6 is 11.3 Å². The summed E-state index contributed by atoms with van der Waals surface area (Å²) in [7, 11) is 3.89. The summed E-state index contributed by atoms with van der Waals surface area (Å²) >= 11 is 1.45. The van der Waals surface area contributed by atoms with Crippen molar-refractivity contribution in [2.45, 2.75) is 148 Å². The van der Waals surface area contributed by atoms with E-state index in [-0.39, 0.29) is 60.8 Å². The van der Waals surface area contributed by atoms with Crippen molar-refractivity contribution in [3.05, 3.63) is 52.1 Å². The Balaban J connectivity index is 0.880. The Hall–Kier alpha value is -5.47. The van der Waals surface area contributed by atoms with Crippen LogP contribution in [-0.2, 0) is 52.8 Å². The summed E-state index contributed by atoms with van der Waals surface area (Å²) in [5.74, 6) is -0.588. The minimum absolute atomic E-state index is 0.0579. The summed E-state index contributed by atoms with van der Waals surface area (Å²) in [5.41, 5.74) is 9.87. The second kappa shape index (κ2) is 21.2. The van der Waals surface area contributed by atoms with E-state index in [1.54, 1.807) is 12.0 Å². The van der Waals surface area contributed by atoms with Crippen LogP contribution in [0.4, 0.5) is 5.69 Å². The van der Waals surface area contributed by atoms with E-state index in [1.807, 2.05) is 23.4 Å². The second-order valence-electron chi connectivity index (χ2n) is 24.8. The average Bonchev–Trinajstić information content (AvgIpc) is 4.29. The molecule has 2 saturated carbocycles. The number of amides is 4. The lowest BCUT2D eigenvalue weighted by Crippen LogP contribution is -2.62. The number of cyclic esters (lactones) is 1. The first-order valence-corrected chi connectivity index (χ1v) is 30.0. The van der Waals surface area contributed by atoms with Gasteiger partial charge in [0.25, 0.3) is 5.91 Å². The van der Waals surface area contributed by atoms with Crippen LogP contribution in [0.25, 0.3) is 33.4 Å². The Bertz CT molecular complexity index is 2980. The number of piperazine rings is 1. The number of nitrogens with one attached hydrogen (secondary N) is 3. The van der Waals surface area contributed by atoms with Crippen molar-refractivity contribution >= 4 is 57.5 Å². The lowest BCUT2D eigenvalue weighted by atomic mass is 9.84. The number of carbonyl (C=O) groups is 5. The Morgan fingerprint density at radius 3 is 2.51 bits per heavy atom. The number of fused-ring (bicyclic) bond motifs is 6. The zero-order valence-electron chi connectivity index (χ0n) is 46.5. The molecule has 5 saturated heterocycles. The molecule has 418 valence electrons. The molecule has 6 bridgehead atoms. The van der Waals surface area contributed by atoms with E-state index >= 15 is 9.59 Å². The molecule has 18 nitrogen and oxygen atoms in total. The summed E-state index contributed by atoms with van der Waals surface area (Å²) in [5, 5.41) is 11.9. The molecule has 0 radical (unpaired) electrons. The Morgan fingerprint density at radius 1 is 0.974 bits per heavy atom. The third-order valence-electron chi connectivity index (χ3n) is 18.8. The molecule has 1 spiro atoms. The maximum Gasteiger partial charge on any atom is 0.324 e. The first-order valence-electron chi connectivity index (χ1n) is 29.1. The molecule has 4 amide bonds. The minimum atomic E-state index is -1.05. The molecule has 3 aromatic heterocycles. The third kappa shape index (κ3) is 10.1. The normalized spacial score (nSPS) is 27.9. The lowest BCUT2D eigenvalue weighted by Gasteiger charge is -2.37. The maximum absolute atomic E-state index is 15.2. The summed E-state index contributed by atoms with van der Waals surface area (Å²) < 4.78 is 14.7. The number of anilines is 1. The SMILES string of the molecule is CCn1c(-c2cc(N3CCN(C)CC3)cnc2[C@H](C)OC)c2c3cc(ccc31)-c1csc(n1)C[C@H](NC(=O)C(C1CCCC1)N1CC[C@]3(CCN(C(=O)[C@@H]4NC4C4CC4)C3)C1=O)C(=O)N1CCC[C@H](N1)C(=O)OCC(C)(C)C2. The molecule has 12 rings (SSSR count). The van der Waals surface area contributed by atoms with Crippen molar-refractivity contribution in [3.8, 4) is 22.5 Å². The zero-order chi connectivity index (χ0) is 54.2. The predicted octanol–water partition coefficient (Wildman–Crippen LogP) is 5.71. The van der Waals surface area contributed by atoms with Crippen molar-refractivity contribution in [2.75, 3.05) is 78.0 Å². The molecule has 3 N–H and O–H groups in total. The van der Waals surface area contributed by atoms with E-state index in [0.717, 1.165) is 102 Å². The van der Waals surface area contributed by atoms with Gasteiger partial charge in [0.1, 0.15) is 24.2 Å². The standard InChI is InChI=1S/C59H79N11O7S/c1-7-68-46-17-16-38-27-40(46)42(52(68)41-28-39(31-60-48(41)35(2)76-6)66-25-23-65(5)24-26-66)30-58(3,4)34-77-56(74)43-13-10-20-70(64-43)54(72)44(29-47-61-45(38)32-78-47)62-53(71)51(37-11-8-9-12-37)69-22-19-59(57(69)75)18-21-67(33-59)55(73)50-49(63-50)36-14-15-36/h16-17,27-28,31-32,35-37,43-44,49-51,63-64H,7-15,18-26,29-30,33-34H2,1-6H3,(H,62,71)/t35-,43-,44-,49?,50+,51?,59-/m0/s1. The smallest absolute Gasteiger partial charge is 0.324 e. The van der Waals surface area contributed by atoms with Crippen LogP contribution in [0.1, 0.15) is 114 Å². The number of ether oxygens (including phenoxy) is 2. The maximum atomic E-state index is 15.2. The van der Waals surface area contributed by atoms with Gasteiger partial charge < -0.3 is 39.0 Å². The molecule has 8 aliphatic rings. The van der Waals surface area contributed by atoms with Crippen LogP contribution in [-0.4, -0.2) is 167 Å². The molecule has 19 heteroatoms. The predicted molar refractivity (Wildman–Crippen MR) is 298 cm³/mol. The van der Waals surface area contributed by atoms with E-state index in [0.29, 0.717) is 75.8 Å². The number of thiazole rings is 1. The van der Waals surface area contributed by atoms with Crippen LogP contribution in [0.2, 0.25) is 0 Å². The molecule has 4 aromatic rings. The third-order valence-corrected chi connectivity index (χ3v) is 19.6. The van der Waals surface area contributed by atoms with Gasteiger partial charge in [0.15, 0.2) is 0 Å². The van der Waals surface area contributed by atoms with Gasteiger partial charge in [-0.1, -0.05) is 32.8 Å². The monoisotopic (exact) mass is 1090 g/mol. The van der Waals surface area contributed by atoms with Gasteiger partial charge in [0.2, 0.25) is 17.7 Å². The van der Waals surface area contributed by atoms with E-state index in [4.69, 9.17) is 19.4 Å². The van der Waals surface area contributed by atoms with Gasteiger partial charge in [-0.3, -0.25) is 39.3 Å². The number of likely N-dealkylation sites (tertiary alicyclic amines) is 2. The summed E-state index contributed by atoms with van der Waals surface area (Å²) in [6, 6.07) is 6.34. The number of rotatable bonds is 11. The number of carbonyl (C=O) groups excluding carboxylic acids is 5. The highest BCUT2D eigenvalue weighted by atomic mass is 32.1. The minimum Gasteiger partial charge on any atom is -0.464 e. The quantitative estimate of drug-likeness (QED) is 0.122. The highest BCUT2D eigenvalue weighted by molar-refractivity contribution is 7.10. The number of aryl methyl sites for hydroxylation is 1. The summed E-state index contributed by atoms with van der Waals surface area (Å²) in [6.07, 6.45) is 10.5. The van der Waals surface area contributed by atoms with Crippen LogP contribution in [0, 0.1) is 22.7 Å². The van der Waals surface area contributed by atoms with E-state index in [1.165, 1.54) is 29.2 Å². The molecular weight excluding hydrogens is 1010 g/mol. The van der Waals surface area contributed by atoms with Crippen LogP contribution in [0.15, 0.2) is 35.8 Å². The van der Waals surface area contributed by atoms with Gasteiger partial charge in [-0.15, -0.1) is 11.3 Å². The fourth-order valence-corrected chi connectivity index (χ4v) is 14.8. The number of hydrogen-bond donors (Lipinski definition) is 3. The van der Waals surface area contributed by atoms with Crippen LogP contribution in [0.3, 0.4) is 0 Å². The number of benzene rings is 1. The van der Waals surface area contributed by atoms with Gasteiger partial charge >= 0.3 is 5.97 Å². The van der Waals surface area contributed by atoms with Gasteiger partial charge in [-0.25, -0.2) is 10.4 Å². The van der Waals surface area contributed by atoms with Crippen LogP contribution < -0.4 is 21.0 Å². The molecule has 1 aromatic carbocycles. The highest BCUT2D eigenvalue weighted by Gasteiger charge is 2.58. The number of nitrogens with zero attached hydrogens (tertiary/aromatic N) is 8. The first-order chi connectivity index (χ1) is 37.6. The topological polar surface area (TPSA) is 197 Å². The van der Waals surface area contributed by atoms with Gasteiger partial charge in [0.05, 0.1) is 52.1 Å².